The number of anilines is 1. The number of amides is 1. The molecule has 1 N–H and O–H groups in total. The number of benzene rings is 2. The Labute approximate surface area is 127 Å². The Kier molecular flexibility index (Phi) is 4.83. The number of para-hydroxylation sites is 2. The molecule has 0 aliphatic carbocycles. The summed E-state index contributed by atoms with van der Waals surface area (Å²) < 4.78 is 67.8. The number of nitrogens with one attached hydrogen (secondary N) is 1. The number of carbonyl (C=O) groups is 1. The highest BCUT2D eigenvalue weighted by Gasteiger charge is 2.29. The van der Waals surface area contributed by atoms with Gasteiger partial charge in [0, 0.05) is 0 Å². The van der Waals surface area contributed by atoms with Crippen LogP contribution in [0.25, 0.3) is 0 Å². The quantitative estimate of drug-likeness (QED) is 0.855. The van der Waals surface area contributed by atoms with Gasteiger partial charge in [0.2, 0.25) is 0 Å². The lowest BCUT2D eigenvalue weighted by Crippen LogP contribution is -2.20. The van der Waals surface area contributed by atoms with Crippen LogP contribution >= 0.6 is 0 Å². The molecule has 0 aliphatic rings. The van der Waals surface area contributed by atoms with Crippen molar-refractivity contribution in [3.05, 3.63) is 59.7 Å². The van der Waals surface area contributed by atoms with Crippen LogP contribution in [0.2, 0.25) is 0 Å². The molecule has 0 unspecified atom stereocenters. The van der Waals surface area contributed by atoms with Gasteiger partial charge >= 0.3 is 6.18 Å². The van der Waals surface area contributed by atoms with Crippen molar-refractivity contribution in [3.63, 3.8) is 0 Å². The lowest BCUT2D eigenvalue weighted by atomic mass is 10.2. The van der Waals surface area contributed by atoms with Crippen LogP contribution in [0.5, 0.6) is 5.75 Å². The zero-order valence-corrected chi connectivity index (χ0v) is 11.5. The van der Waals surface area contributed by atoms with Crippen LogP contribution in [-0.2, 0) is 0 Å². The molecule has 3 nitrogen and oxygen atoms in total. The van der Waals surface area contributed by atoms with E-state index in [-0.39, 0.29) is 11.4 Å². The predicted octanol–water partition coefficient (Wildman–Crippen LogP) is 4.16. The van der Waals surface area contributed by atoms with Crippen molar-refractivity contribution < 1.29 is 31.5 Å². The highest BCUT2D eigenvalue weighted by Crippen LogP contribution is 2.27. The molecule has 0 saturated carbocycles. The number of ether oxygens (including phenoxy) is 1. The van der Waals surface area contributed by atoms with E-state index >= 15 is 0 Å². The van der Waals surface area contributed by atoms with E-state index in [1.165, 1.54) is 24.3 Å². The first-order chi connectivity index (χ1) is 10.8. The molecule has 0 aliphatic heterocycles. The van der Waals surface area contributed by atoms with Gasteiger partial charge in [0.15, 0.2) is 6.61 Å². The number of carbonyl (C=O) groups excluding carboxylic acids is 1. The predicted molar refractivity (Wildman–Crippen MR) is 72.3 cm³/mol. The molecule has 2 aromatic carbocycles. The van der Waals surface area contributed by atoms with Gasteiger partial charge in [0.05, 0.1) is 11.3 Å². The Bertz CT molecular complexity index is 715. The third kappa shape index (κ3) is 4.67. The second kappa shape index (κ2) is 6.64. The summed E-state index contributed by atoms with van der Waals surface area (Å²) in [4.78, 5) is 11.9. The van der Waals surface area contributed by atoms with Crippen LogP contribution in [0.15, 0.2) is 42.5 Å². The highest BCUT2D eigenvalue weighted by molar-refractivity contribution is 6.05. The van der Waals surface area contributed by atoms with Crippen LogP contribution in [0.4, 0.5) is 27.6 Å². The molecule has 8 heteroatoms. The summed E-state index contributed by atoms with van der Waals surface area (Å²) >= 11 is 0. The fourth-order valence-electron chi connectivity index (χ4n) is 1.72. The van der Waals surface area contributed by atoms with Crippen LogP contribution in [0, 0.1) is 11.6 Å². The first-order valence-corrected chi connectivity index (χ1v) is 6.31. The van der Waals surface area contributed by atoms with Crippen molar-refractivity contribution in [2.75, 3.05) is 11.9 Å². The monoisotopic (exact) mass is 331 g/mol. The average Bonchev–Trinajstić information content (AvgIpc) is 2.48. The van der Waals surface area contributed by atoms with Gasteiger partial charge in [-0.05, 0) is 30.3 Å². The Morgan fingerprint density at radius 1 is 1.09 bits per heavy atom. The van der Waals surface area contributed by atoms with E-state index in [2.05, 4.69) is 10.1 Å². The second-order valence-corrected chi connectivity index (χ2v) is 4.48. The summed E-state index contributed by atoms with van der Waals surface area (Å²) in [5.74, 6) is -3.03. The zero-order chi connectivity index (χ0) is 17.0. The molecule has 0 heterocycles. The topological polar surface area (TPSA) is 38.3 Å². The third-order valence-electron chi connectivity index (χ3n) is 2.70. The minimum Gasteiger partial charge on any atom is -0.482 e. The molecular weight excluding hydrogens is 321 g/mol. The standard InChI is InChI=1S/C15H10F5NO2/c16-9-5-6-11(17)10(7-9)14(22)21-12-3-1-2-4-13(12)23-8-15(18,19)20/h1-7H,8H2,(H,21,22). The van der Waals surface area contributed by atoms with Crippen molar-refractivity contribution in [3.8, 4) is 5.75 Å². The van der Waals surface area contributed by atoms with Crippen LogP contribution in [0.1, 0.15) is 10.4 Å². The molecular formula is C15H10F5NO2. The van der Waals surface area contributed by atoms with Crippen molar-refractivity contribution in [2.45, 2.75) is 6.18 Å². The van der Waals surface area contributed by atoms with Crippen molar-refractivity contribution in [2.24, 2.45) is 0 Å². The van der Waals surface area contributed by atoms with E-state index in [9.17, 15) is 26.7 Å². The maximum atomic E-state index is 13.5. The second-order valence-electron chi connectivity index (χ2n) is 4.48. The van der Waals surface area contributed by atoms with E-state index in [0.717, 1.165) is 12.1 Å². The summed E-state index contributed by atoms with van der Waals surface area (Å²) in [6.07, 6.45) is -4.55. The summed E-state index contributed by atoms with van der Waals surface area (Å²) in [6, 6.07) is 7.64. The van der Waals surface area contributed by atoms with Gasteiger partial charge in [-0.1, -0.05) is 12.1 Å². The fraction of sp³-hybridized carbons (Fsp3) is 0.133. The molecule has 2 rings (SSSR count). The minimum absolute atomic E-state index is 0.0922. The number of rotatable bonds is 4. The lowest BCUT2D eigenvalue weighted by Gasteiger charge is -2.14. The van der Waals surface area contributed by atoms with Crippen molar-refractivity contribution in [1.29, 1.82) is 0 Å². The Hall–Kier alpha value is -2.64. The minimum atomic E-state index is -4.55. The van der Waals surface area contributed by atoms with Gasteiger partial charge < -0.3 is 10.1 Å². The van der Waals surface area contributed by atoms with Crippen molar-refractivity contribution >= 4 is 11.6 Å². The van der Waals surface area contributed by atoms with Gasteiger partial charge in [-0.2, -0.15) is 13.2 Å². The molecule has 0 fully saturated rings. The molecule has 1 amide bonds. The Balaban J connectivity index is 2.19. The first-order valence-electron chi connectivity index (χ1n) is 6.31. The molecule has 122 valence electrons. The van der Waals surface area contributed by atoms with Crippen LogP contribution in [0.3, 0.4) is 0 Å². The smallest absolute Gasteiger partial charge is 0.422 e. The molecule has 0 bridgehead atoms. The van der Waals surface area contributed by atoms with Crippen molar-refractivity contribution in [1.82, 2.24) is 0 Å². The van der Waals surface area contributed by atoms with Crippen LogP contribution < -0.4 is 10.1 Å². The summed E-state index contributed by atoms with van der Waals surface area (Å²) in [6.45, 7) is -1.55. The van der Waals surface area contributed by atoms with Gasteiger partial charge in [0.1, 0.15) is 17.4 Å². The van der Waals surface area contributed by atoms with Crippen LogP contribution in [-0.4, -0.2) is 18.7 Å². The normalized spacial score (nSPS) is 11.2. The van der Waals surface area contributed by atoms with Gasteiger partial charge in [0.25, 0.3) is 5.91 Å². The van der Waals surface area contributed by atoms with Gasteiger partial charge in [-0.25, -0.2) is 8.78 Å². The summed E-state index contributed by atoms with van der Waals surface area (Å²) in [5, 5.41) is 2.19. The Morgan fingerprint density at radius 3 is 2.48 bits per heavy atom. The summed E-state index contributed by atoms with van der Waals surface area (Å²) in [7, 11) is 0. The van der Waals surface area contributed by atoms with E-state index in [0.29, 0.717) is 6.07 Å². The molecule has 0 atom stereocenters. The number of halogens is 5. The average molecular weight is 331 g/mol. The number of alkyl halides is 3. The van der Waals surface area contributed by atoms with E-state index in [1.807, 2.05) is 0 Å². The molecule has 0 aromatic heterocycles. The van der Waals surface area contributed by atoms with E-state index < -0.39 is 35.9 Å². The molecule has 0 spiro atoms. The zero-order valence-electron chi connectivity index (χ0n) is 11.5. The fourth-order valence-corrected chi connectivity index (χ4v) is 1.72. The maximum Gasteiger partial charge on any atom is 0.422 e. The van der Waals surface area contributed by atoms with Gasteiger partial charge in [-0.15, -0.1) is 0 Å². The SMILES string of the molecule is O=C(Nc1ccccc1OCC(F)(F)F)c1cc(F)ccc1F. The molecule has 2 aromatic rings. The molecule has 0 saturated heterocycles. The number of hydrogen-bond acceptors (Lipinski definition) is 2. The van der Waals surface area contributed by atoms with E-state index in [1.54, 1.807) is 0 Å². The molecule has 23 heavy (non-hydrogen) atoms. The summed E-state index contributed by atoms with van der Waals surface area (Å²) in [5.41, 5.74) is -0.666. The number of hydrogen-bond donors (Lipinski definition) is 1. The Morgan fingerprint density at radius 2 is 1.78 bits per heavy atom. The highest BCUT2D eigenvalue weighted by atomic mass is 19.4. The van der Waals surface area contributed by atoms with E-state index in [4.69, 9.17) is 0 Å². The molecule has 0 radical (unpaired) electrons. The third-order valence-corrected chi connectivity index (χ3v) is 2.70. The van der Waals surface area contributed by atoms with Gasteiger partial charge in [-0.3, -0.25) is 4.79 Å². The first kappa shape index (κ1) is 16.7. The lowest BCUT2D eigenvalue weighted by molar-refractivity contribution is -0.153. The maximum absolute atomic E-state index is 13.5. The largest absolute Gasteiger partial charge is 0.482 e.